The van der Waals surface area contributed by atoms with Gasteiger partial charge in [0, 0.05) is 24.7 Å². The molecule has 1 fully saturated rings. The number of hydrogen-bond acceptors (Lipinski definition) is 6. The van der Waals surface area contributed by atoms with Crippen molar-refractivity contribution in [3.63, 3.8) is 0 Å². The van der Waals surface area contributed by atoms with E-state index < -0.39 is 0 Å². The number of carbonyl (C=O) groups is 1. The summed E-state index contributed by atoms with van der Waals surface area (Å²) in [7, 11) is 0. The summed E-state index contributed by atoms with van der Waals surface area (Å²) in [5.74, 6) is 1.15. The molecule has 0 unspecified atom stereocenters. The van der Waals surface area contributed by atoms with Gasteiger partial charge in [-0.05, 0) is 36.4 Å². The summed E-state index contributed by atoms with van der Waals surface area (Å²) in [5.41, 5.74) is 0.759. The van der Waals surface area contributed by atoms with Crippen LogP contribution in [-0.4, -0.2) is 40.1 Å². The van der Waals surface area contributed by atoms with E-state index in [1.165, 1.54) is 11.3 Å². The Morgan fingerprint density at radius 2 is 2.07 bits per heavy atom. The van der Waals surface area contributed by atoms with Gasteiger partial charge in [0.25, 0.3) is 5.91 Å². The molecular formula is C19H19ClN4O2S. The summed E-state index contributed by atoms with van der Waals surface area (Å²) in [4.78, 5) is 19.5. The lowest BCUT2D eigenvalue weighted by molar-refractivity contribution is 0.0708. The van der Waals surface area contributed by atoms with Crippen LogP contribution in [-0.2, 0) is 6.54 Å². The molecule has 3 aromatic rings. The van der Waals surface area contributed by atoms with Gasteiger partial charge in [0.15, 0.2) is 0 Å². The van der Waals surface area contributed by atoms with Crippen molar-refractivity contribution in [2.24, 2.45) is 0 Å². The number of rotatable bonds is 5. The molecule has 0 radical (unpaired) electrons. The first-order valence-electron chi connectivity index (χ1n) is 8.84. The Bertz CT molecular complexity index is 904. The van der Waals surface area contributed by atoms with E-state index in [0.717, 1.165) is 36.4 Å². The van der Waals surface area contributed by atoms with Gasteiger partial charge in [-0.25, -0.2) is 0 Å². The third kappa shape index (κ3) is 4.21. The highest BCUT2D eigenvalue weighted by Gasteiger charge is 2.24. The van der Waals surface area contributed by atoms with Gasteiger partial charge in [-0.3, -0.25) is 4.79 Å². The minimum Gasteiger partial charge on any atom is -0.338 e. The third-order valence-electron chi connectivity index (χ3n) is 4.64. The Morgan fingerprint density at radius 1 is 1.26 bits per heavy atom. The van der Waals surface area contributed by atoms with Gasteiger partial charge in [-0.15, -0.1) is 11.3 Å². The smallest absolute Gasteiger partial charge is 0.263 e. The summed E-state index contributed by atoms with van der Waals surface area (Å²) >= 11 is 7.66. The fourth-order valence-electron chi connectivity index (χ4n) is 3.15. The Kier molecular flexibility index (Phi) is 5.52. The van der Waals surface area contributed by atoms with Gasteiger partial charge >= 0.3 is 0 Å². The minimum absolute atomic E-state index is 0.129. The highest BCUT2D eigenvalue weighted by molar-refractivity contribution is 7.12. The molecule has 1 amide bonds. The molecule has 3 heterocycles. The number of hydrogen-bond donors (Lipinski definition) is 1. The van der Waals surface area contributed by atoms with Gasteiger partial charge in [0.05, 0.1) is 16.4 Å². The van der Waals surface area contributed by atoms with Crippen molar-refractivity contribution in [2.45, 2.75) is 25.4 Å². The number of likely N-dealkylation sites (tertiary alicyclic amines) is 1. The number of thiophene rings is 1. The van der Waals surface area contributed by atoms with E-state index >= 15 is 0 Å². The van der Waals surface area contributed by atoms with Crippen LogP contribution in [0.5, 0.6) is 0 Å². The molecule has 1 aliphatic rings. The van der Waals surface area contributed by atoms with Crippen molar-refractivity contribution >= 4 is 28.8 Å². The van der Waals surface area contributed by atoms with E-state index in [1.807, 2.05) is 40.6 Å². The largest absolute Gasteiger partial charge is 0.338 e. The average molecular weight is 403 g/mol. The SMILES string of the molecule is O=C(c1cccs1)N1CCC(NCc2nc(-c3ccccc3Cl)no2)CC1. The Morgan fingerprint density at radius 3 is 2.81 bits per heavy atom. The summed E-state index contributed by atoms with van der Waals surface area (Å²) in [6.45, 7) is 2.01. The van der Waals surface area contributed by atoms with Gasteiger partial charge in [-0.1, -0.05) is 35.0 Å². The van der Waals surface area contributed by atoms with E-state index in [1.54, 1.807) is 6.07 Å². The van der Waals surface area contributed by atoms with Crippen molar-refractivity contribution in [1.82, 2.24) is 20.4 Å². The zero-order valence-corrected chi connectivity index (χ0v) is 16.2. The molecule has 27 heavy (non-hydrogen) atoms. The van der Waals surface area contributed by atoms with Crippen LogP contribution in [0.4, 0.5) is 0 Å². The highest BCUT2D eigenvalue weighted by atomic mass is 35.5. The number of piperidine rings is 1. The van der Waals surface area contributed by atoms with Crippen molar-refractivity contribution in [2.75, 3.05) is 13.1 Å². The number of nitrogens with zero attached hydrogens (tertiary/aromatic N) is 3. The fourth-order valence-corrected chi connectivity index (χ4v) is 4.06. The van der Waals surface area contributed by atoms with E-state index in [9.17, 15) is 4.79 Å². The van der Waals surface area contributed by atoms with Crippen LogP contribution < -0.4 is 5.32 Å². The van der Waals surface area contributed by atoms with Crippen LogP contribution >= 0.6 is 22.9 Å². The monoisotopic (exact) mass is 402 g/mol. The first-order valence-corrected chi connectivity index (χ1v) is 10.1. The van der Waals surface area contributed by atoms with E-state index in [2.05, 4.69) is 15.5 Å². The second-order valence-electron chi connectivity index (χ2n) is 6.42. The molecule has 1 aliphatic heterocycles. The van der Waals surface area contributed by atoms with Crippen molar-refractivity contribution in [1.29, 1.82) is 0 Å². The second-order valence-corrected chi connectivity index (χ2v) is 7.77. The lowest BCUT2D eigenvalue weighted by Crippen LogP contribution is -2.44. The van der Waals surface area contributed by atoms with Crippen LogP contribution in [0.3, 0.4) is 0 Å². The van der Waals surface area contributed by atoms with Crippen LogP contribution in [0, 0.1) is 0 Å². The maximum absolute atomic E-state index is 12.4. The van der Waals surface area contributed by atoms with E-state index in [4.69, 9.17) is 16.1 Å². The molecule has 140 valence electrons. The average Bonchev–Trinajstić information content (AvgIpc) is 3.39. The van der Waals surface area contributed by atoms with Gasteiger partial charge in [-0.2, -0.15) is 4.98 Å². The predicted octanol–water partition coefficient (Wildman–Crippen LogP) is 3.85. The van der Waals surface area contributed by atoms with Crippen molar-refractivity contribution < 1.29 is 9.32 Å². The molecule has 0 bridgehead atoms. The molecule has 0 aliphatic carbocycles. The fraction of sp³-hybridized carbons (Fsp3) is 0.316. The summed E-state index contributed by atoms with van der Waals surface area (Å²) < 4.78 is 5.33. The molecule has 0 atom stereocenters. The first kappa shape index (κ1) is 18.2. The minimum atomic E-state index is 0.129. The maximum Gasteiger partial charge on any atom is 0.263 e. The van der Waals surface area contributed by atoms with Crippen LogP contribution in [0.1, 0.15) is 28.4 Å². The molecule has 2 aromatic heterocycles. The Balaban J connectivity index is 1.28. The summed E-state index contributed by atoms with van der Waals surface area (Å²) in [6.07, 6.45) is 1.81. The maximum atomic E-state index is 12.4. The molecule has 1 N–H and O–H groups in total. The molecule has 4 rings (SSSR count). The second kappa shape index (κ2) is 8.21. The Hall–Kier alpha value is -2.22. The van der Waals surface area contributed by atoms with Crippen LogP contribution in [0.15, 0.2) is 46.3 Å². The molecule has 0 spiro atoms. The van der Waals surface area contributed by atoms with Gasteiger partial charge in [0.2, 0.25) is 11.7 Å². The lowest BCUT2D eigenvalue weighted by Gasteiger charge is -2.32. The number of amides is 1. The topological polar surface area (TPSA) is 71.3 Å². The van der Waals surface area contributed by atoms with Crippen LogP contribution in [0.2, 0.25) is 5.02 Å². The quantitative estimate of drug-likeness (QED) is 0.701. The Labute approximate surface area is 166 Å². The molecule has 1 saturated heterocycles. The van der Waals surface area contributed by atoms with Gasteiger partial charge in [0.1, 0.15) is 0 Å². The lowest BCUT2D eigenvalue weighted by atomic mass is 10.0. The third-order valence-corrected chi connectivity index (χ3v) is 5.83. The number of nitrogens with one attached hydrogen (secondary N) is 1. The predicted molar refractivity (Wildman–Crippen MR) is 105 cm³/mol. The summed E-state index contributed by atoms with van der Waals surface area (Å²) in [5, 5.41) is 9.99. The highest BCUT2D eigenvalue weighted by Crippen LogP contribution is 2.25. The van der Waals surface area contributed by atoms with Crippen molar-refractivity contribution in [3.8, 4) is 11.4 Å². The van der Waals surface area contributed by atoms with Crippen molar-refractivity contribution in [3.05, 3.63) is 57.6 Å². The molecule has 1 aromatic carbocycles. The first-order chi connectivity index (χ1) is 13.2. The number of halogens is 1. The van der Waals surface area contributed by atoms with Crippen LogP contribution in [0.25, 0.3) is 11.4 Å². The zero-order chi connectivity index (χ0) is 18.6. The van der Waals surface area contributed by atoms with Gasteiger partial charge < -0.3 is 14.7 Å². The molecular weight excluding hydrogens is 384 g/mol. The van der Waals surface area contributed by atoms with E-state index in [0.29, 0.717) is 29.3 Å². The number of aromatic nitrogens is 2. The molecule has 0 saturated carbocycles. The standard InChI is InChI=1S/C19H19ClN4O2S/c20-15-5-2-1-4-14(15)18-22-17(26-23-18)12-21-13-7-9-24(10-8-13)19(25)16-6-3-11-27-16/h1-6,11,13,21H,7-10,12H2. The normalized spacial score (nSPS) is 15.2. The number of benzene rings is 1. The molecule has 6 nitrogen and oxygen atoms in total. The number of carbonyl (C=O) groups excluding carboxylic acids is 1. The summed E-state index contributed by atoms with van der Waals surface area (Å²) in [6, 6.07) is 11.5. The van der Waals surface area contributed by atoms with E-state index in [-0.39, 0.29) is 5.91 Å². The zero-order valence-electron chi connectivity index (χ0n) is 14.6. The molecule has 8 heteroatoms.